The highest BCUT2D eigenvalue weighted by Gasteiger charge is 2.49. The zero-order chi connectivity index (χ0) is 8.48. The Bertz CT molecular complexity index is 131. The summed E-state index contributed by atoms with van der Waals surface area (Å²) in [5, 5.41) is 0. The molecule has 0 aromatic heterocycles. The van der Waals surface area contributed by atoms with Crippen molar-refractivity contribution >= 4 is 0 Å². The van der Waals surface area contributed by atoms with Gasteiger partial charge < -0.3 is 5.73 Å². The molecule has 0 saturated heterocycles. The molecule has 0 aromatic rings. The van der Waals surface area contributed by atoms with E-state index in [1.54, 1.807) is 0 Å². The Morgan fingerprint density at radius 1 is 1.55 bits per heavy atom. The molecule has 1 aliphatic carbocycles. The second-order valence-corrected chi connectivity index (χ2v) is 4.52. The fourth-order valence-corrected chi connectivity index (χ4v) is 2.15. The zero-order valence-electron chi connectivity index (χ0n) is 8.06. The maximum absolute atomic E-state index is 6.18. The van der Waals surface area contributed by atoms with Crippen molar-refractivity contribution in [3.63, 3.8) is 0 Å². The summed E-state index contributed by atoms with van der Waals surface area (Å²) < 4.78 is 0. The summed E-state index contributed by atoms with van der Waals surface area (Å²) >= 11 is 0. The van der Waals surface area contributed by atoms with Crippen LogP contribution in [-0.4, -0.2) is 5.54 Å². The Labute approximate surface area is 70.4 Å². The first kappa shape index (κ1) is 9.05. The third-order valence-electron chi connectivity index (χ3n) is 2.70. The molecule has 66 valence electrons. The molecule has 1 saturated carbocycles. The van der Waals surface area contributed by atoms with Crippen LogP contribution in [0.2, 0.25) is 0 Å². The highest BCUT2D eigenvalue weighted by Crippen LogP contribution is 2.48. The highest BCUT2D eigenvalue weighted by atomic mass is 14.9. The minimum absolute atomic E-state index is 0.240. The predicted molar refractivity (Wildman–Crippen MR) is 49.4 cm³/mol. The quantitative estimate of drug-likeness (QED) is 0.663. The van der Waals surface area contributed by atoms with Crippen molar-refractivity contribution in [2.45, 2.75) is 52.0 Å². The molecule has 2 unspecified atom stereocenters. The van der Waals surface area contributed by atoms with Gasteiger partial charge in [0.05, 0.1) is 0 Å². The van der Waals surface area contributed by atoms with E-state index in [4.69, 9.17) is 5.73 Å². The van der Waals surface area contributed by atoms with E-state index < -0.39 is 0 Å². The Morgan fingerprint density at radius 2 is 2.18 bits per heavy atom. The van der Waals surface area contributed by atoms with Gasteiger partial charge in [-0.1, -0.05) is 27.2 Å². The summed E-state index contributed by atoms with van der Waals surface area (Å²) in [6.45, 7) is 6.76. The van der Waals surface area contributed by atoms with E-state index in [9.17, 15) is 0 Å². The van der Waals surface area contributed by atoms with E-state index in [0.717, 1.165) is 11.8 Å². The van der Waals surface area contributed by atoms with Crippen molar-refractivity contribution in [2.75, 3.05) is 0 Å². The van der Waals surface area contributed by atoms with E-state index in [-0.39, 0.29) is 5.54 Å². The van der Waals surface area contributed by atoms with Gasteiger partial charge in [-0.3, -0.25) is 0 Å². The lowest BCUT2D eigenvalue weighted by Gasteiger charge is -2.13. The summed E-state index contributed by atoms with van der Waals surface area (Å²) in [6.07, 6.45) is 5.13. The van der Waals surface area contributed by atoms with Crippen LogP contribution in [0.1, 0.15) is 46.5 Å². The van der Waals surface area contributed by atoms with Gasteiger partial charge in [0.15, 0.2) is 0 Å². The molecule has 0 aromatic carbocycles. The zero-order valence-corrected chi connectivity index (χ0v) is 8.06. The molecule has 1 fully saturated rings. The van der Waals surface area contributed by atoms with Crippen LogP contribution in [0.25, 0.3) is 0 Å². The van der Waals surface area contributed by atoms with Gasteiger partial charge in [-0.05, 0) is 31.1 Å². The molecule has 1 rings (SSSR count). The van der Waals surface area contributed by atoms with E-state index >= 15 is 0 Å². The van der Waals surface area contributed by atoms with Crippen LogP contribution in [-0.2, 0) is 0 Å². The van der Waals surface area contributed by atoms with Crippen molar-refractivity contribution in [1.29, 1.82) is 0 Å². The van der Waals surface area contributed by atoms with Crippen LogP contribution in [0.5, 0.6) is 0 Å². The standard InChI is InChI=1S/C10H21N/c1-4-5-9-7-10(9,11)6-8(2)3/h8-9H,4-7,11H2,1-3H3. The maximum Gasteiger partial charge on any atom is 0.0189 e. The van der Waals surface area contributed by atoms with Gasteiger partial charge >= 0.3 is 0 Å². The molecular formula is C10H21N. The van der Waals surface area contributed by atoms with Gasteiger partial charge in [-0.2, -0.15) is 0 Å². The summed E-state index contributed by atoms with van der Waals surface area (Å²) in [4.78, 5) is 0. The van der Waals surface area contributed by atoms with Crippen molar-refractivity contribution in [3.05, 3.63) is 0 Å². The maximum atomic E-state index is 6.18. The Balaban J connectivity index is 2.25. The summed E-state index contributed by atoms with van der Waals surface area (Å²) in [5.74, 6) is 1.61. The average Bonchev–Trinajstić information content (AvgIpc) is 2.40. The van der Waals surface area contributed by atoms with E-state index in [1.165, 1.54) is 25.7 Å². The largest absolute Gasteiger partial charge is 0.325 e. The Hall–Kier alpha value is -0.0400. The number of nitrogens with two attached hydrogens (primary N) is 1. The minimum Gasteiger partial charge on any atom is -0.325 e. The van der Waals surface area contributed by atoms with E-state index in [0.29, 0.717) is 0 Å². The Kier molecular flexibility index (Phi) is 2.58. The van der Waals surface area contributed by atoms with Crippen molar-refractivity contribution in [2.24, 2.45) is 17.6 Å². The summed E-state index contributed by atoms with van der Waals surface area (Å²) in [5.41, 5.74) is 6.42. The first-order valence-electron chi connectivity index (χ1n) is 4.87. The van der Waals surface area contributed by atoms with Gasteiger partial charge in [0.2, 0.25) is 0 Å². The van der Waals surface area contributed by atoms with Gasteiger partial charge in [0.1, 0.15) is 0 Å². The lowest BCUT2D eigenvalue weighted by Crippen LogP contribution is -2.26. The number of rotatable bonds is 4. The van der Waals surface area contributed by atoms with Gasteiger partial charge in [-0.25, -0.2) is 0 Å². The molecule has 11 heavy (non-hydrogen) atoms. The number of hydrogen-bond acceptors (Lipinski definition) is 1. The van der Waals surface area contributed by atoms with E-state index in [1.807, 2.05) is 0 Å². The van der Waals surface area contributed by atoms with Crippen molar-refractivity contribution < 1.29 is 0 Å². The molecule has 1 heteroatoms. The molecular weight excluding hydrogens is 134 g/mol. The fourth-order valence-electron chi connectivity index (χ4n) is 2.15. The lowest BCUT2D eigenvalue weighted by molar-refractivity contribution is 0.443. The SMILES string of the molecule is CCCC1CC1(N)CC(C)C. The first-order chi connectivity index (χ1) is 5.08. The first-order valence-corrected chi connectivity index (χ1v) is 4.87. The molecule has 2 atom stereocenters. The second-order valence-electron chi connectivity index (χ2n) is 4.52. The average molecular weight is 155 g/mol. The van der Waals surface area contributed by atoms with Crippen LogP contribution >= 0.6 is 0 Å². The van der Waals surface area contributed by atoms with Crippen molar-refractivity contribution in [1.82, 2.24) is 0 Å². The summed E-state index contributed by atoms with van der Waals surface area (Å²) in [6, 6.07) is 0. The van der Waals surface area contributed by atoms with Gasteiger partial charge in [0.25, 0.3) is 0 Å². The minimum atomic E-state index is 0.240. The predicted octanol–water partition coefficient (Wildman–Crippen LogP) is 2.55. The van der Waals surface area contributed by atoms with Crippen LogP contribution < -0.4 is 5.73 Å². The number of hydrogen-bond donors (Lipinski definition) is 1. The molecule has 0 amide bonds. The molecule has 0 spiro atoms. The third-order valence-corrected chi connectivity index (χ3v) is 2.70. The second kappa shape index (κ2) is 3.14. The van der Waals surface area contributed by atoms with Crippen LogP contribution in [0.3, 0.4) is 0 Å². The molecule has 0 aliphatic heterocycles. The van der Waals surface area contributed by atoms with Gasteiger partial charge in [-0.15, -0.1) is 0 Å². The third kappa shape index (κ3) is 2.19. The molecule has 0 radical (unpaired) electrons. The lowest BCUT2D eigenvalue weighted by atomic mass is 9.99. The van der Waals surface area contributed by atoms with Crippen LogP contribution in [0.15, 0.2) is 0 Å². The molecule has 1 nitrogen and oxygen atoms in total. The topological polar surface area (TPSA) is 26.0 Å². The van der Waals surface area contributed by atoms with Crippen LogP contribution in [0, 0.1) is 11.8 Å². The normalized spacial score (nSPS) is 36.3. The smallest absolute Gasteiger partial charge is 0.0189 e. The Morgan fingerprint density at radius 3 is 2.64 bits per heavy atom. The molecule has 2 N–H and O–H groups in total. The van der Waals surface area contributed by atoms with E-state index in [2.05, 4.69) is 20.8 Å². The fraction of sp³-hybridized carbons (Fsp3) is 1.00. The van der Waals surface area contributed by atoms with Gasteiger partial charge in [0, 0.05) is 5.54 Å². The van der Waals surface area contributed by atoms with Crippen LogP contribution in [0.4, 0.5) is 0 Å². The molecule has 0 heterocycles. The monoisotopic (exact) mass is 155 g/mol. The van der Waals surface area contributed by atoms with Crippen molar-refractivity contribution in [3.8, 4) is 0 Å². The summed E-state index contributed by atoms with van der Waals surface area (Å²) in [7, 11) is 0. The molecule has 0 bridgehead atoms. The molecule has 1 aliphatic rings. The highest BCUT2D eigenvalue weighted by molar-refractivity contribution is 5.07.